The van der Waals surface area contributed by atoms with Crippen molar-refractivity contribution in [3.63, 3.8) is 0 Å². The van der Waals surface area contributed by atoms with Gasteiger partial charge in [0.15, 0.2) is 0 Å². The number of para-hydroxylation sites is 1. The Labute approximate surface area is 140 Å². The van der Waals surface area contributed by atoms with E-state index in [1.54, 1.807) is 4.68 Å². The van der Waals surface area contributed by atoms with E-state index in [9.17, 15) is 4.79 Å². The number of aromatic amines is 1. The molecule has 1 fully saturated rings. The van der Waals surface area contributed by atoms with Crippen LogP contribution in [0, 0.1) is 0 Å². The second-order valence-electron chi connectivity index (χ2n) is 6.15. The molecule has 0 spiro atoms. The van der Waals surface area contributed by atoms with Crippen LogP contribution in [0.15, 0.2) is 70.5 Å². The van der Waals surface area contributed by atoms with E-state index in [4.69, 9.17) is 4.99 Å². The first-order valence-corrected chi connectivity index (χ1v) is 8.24. The molecule has 0 unspecified atom stereocenters. The smallest absolute Gasteiger partial charge is 0.280 e. The number of nitrogens with zero attached hydrogens (tertiary/aromatic N) is 2. The first kappa shape index (κ1) is 14.7. The molecule has 3 aromatic rings. The summed E-state index contributed by atoms with van der Waals surface area (Å²) in [7, 11) is 0. The van der Waals surface area contributed by atoms with Crippen LogP contribution in [-0.4, -0.2) is 21.5 Å². The van der Waals surface area contributed by atoms with Crippen molar-refractivity contribution in [1.29, 1.82) is 0 Å². The van der Waals surface area contributed by atoms with E-state index in [-0.39, 0.29) is 5.56 Å². The van der Waals surface area contributed by atoms with Crippen LogP contribution in [0.3, 0.4) is 0 Å². The van der Waals surface area contributed by atoms with Gasteiger partial charge in [-0.2, -0.15) is 0 Å². The number of hydrogen-bond acceptors (Lipinski definition) is 2. The fraction of sp³-hybridized carbons (Fsp3) is 0.200. The Hall–Kier alpha value is -2.88. The monoisotopic (exact) mass is 317 g/mol. The highest BCUT2D eigenvalue weighted by molar-refractivity contribution is 6.03. The highest BCUT2D eigenvalue weighted by Gasteiger charge is 2.24. The highest BCUT2D eigenvalue weighted by Crippen LogP contribution is 2.26. The summed E-state index contributed by atoms with van der Waals surface area (Å²) in [6.45, 7) is 1.94. The molecule has 0 aliphatic heterocycles. The largest absolute Gasteiger partial charge is 0.290 e. The maximum atomic E-state index is 13.1. The zero-order chi connectivity index (χ0) is 16.5. The van der Waals surface area contributed by atoms with Crippen molar-refractivity contribution < 1.29 is 0 Å². The lowest BCUT2D eigenvalue weighted by Crippen LogP contribution is -2.19. The average molecular weight is 317 g/mol. The lowest BCUT2D eigenvalue weighted by atomic mass is 10.1. The normalized spacial score (nSPS) is 14.8. The molecule has 0 atom stereocenters. The first-order chi connectivity index (χ1) is 11.7. The van der Waals surface area contributed by atoms with E-state index in [1.807, 2.05) is 67.6 Å². The van der Waals surface area contributed by atoms with Crippen LogP contribution in [0.1, 0.15) is 25.3 Å². The Morgan fingerprint density at radius 3 is 2.29 bits per heavy atom. The fourth-order valence-corrected chi connectivity index (χ4v) is 2.89. The molecule has 1 aliphatic rings. The number of benzene rings is 2. The van der Waals surface area contributed by atoms with Gasteiger partial charge in [-0.3, -0.25) is 14.9 Å². The summed E-state index contributed by atoms with van der Waals surface area (Å²) in [4.78, 5) is 17.8. The zero-order valence-corrected chi connectivity index (χ0v) is 13.6. The maximum Gasteiger partial charge on any atom is 0.280 e. The molecule has 1 heterocycles. The van der Waals surface area contributed by atoms with E-state index in [1.165, 1.54) is 0 Å². The molecule has 0 radical (unpaired) electrons. The van der Waals surface area contributed by atoms with Gasteiger partial charge in [0.25, 0.3) is 5.56 Å². The number of hydrogen-bond donors (Lipinski definition) is 1. The molecule has 1 N–H and O–H groups in total. The summed E-state index contributed by atoms with van der Waals surface area (Å²) >= 11 is 0. The number of aromatic nitrogens is 2. The van der Waals surface area contributed by atoms with Gasteiger partial charge in [-0.25, -0.2) is 4.68 Å². The van der Waals surface area contributed by atoms with Gasteiger partial charge in [-0.15, -0.1) is 0 Å². The van der Waals surface area contributed by atoms with Crippen molar-refractivity contribution in [3.8, 4) is 16.9 Å². The Morgan fingerprint density at radius 2 is 1.67 bits per heavy atom. The lowest BCUT2D eigenvalue weighted by Gasteiger charge is -2.02. The molecule has 4 heteroatoms. The molecule has 2 aromatic carbocycles. The van der Waals surface area contributed by atoms with Crippen molar-refractivity contribution in [3.05, 3.63) is 76.6 Å². The minimum atomic E-state index is -0.0537. The SMILES string of the molecule is CC(=NC1CC1)c1c(-c2ccccc2)[nH]n(-c2ccccc2)c1=O. The molecule has 24 heavy (non-hydrogen) atoms. The molecule has 0 saturated heterocycles. The average Bonchev–Trinajstić information content (AvgIpc) is 3.36. The van der Waals surface area contributed by atoms with Crippen LogP contribution in [0.25, 0.3) is 16.9 Å². The Balaban J connectivity index is 1.93. The van der Waals surface area contributed by atoms with Crippen molar-refractivity contribution >= 4 is 5.71 Å². The first-order valence-electron chi connectivity index (χ1n) is 8.24. The van der Waals surface area contributed by atoms with Crippen LogP contribution in [0.2, 0.25) is 0 Å². The van der Waals surface area contributed by atoms with E-state index < -0.39 is 0 Å². The second-order valence-corrected chi connectivity index (χ2v) is 6.15. The van der Waals surface area contributed by atoms with E-state index in [2.05, 4.69) is 5.10 Å². The van der Waals surface area contributed by atoms with E-state index in [0.29, 0.717) is 11.6 Å². The van der Waals surface area contributed by atoms with Crippen molar-refractivity contribution in [2.24, 2.45) is 4.99 Å². The molecule has 1 saturated carbocycles. The third kappa shape index (κ3) is 2.71. The van der Waals surface area contributed by atoms with Crippen molar-refractivity contribution in [1.82, 2.24) is 9.78 Å². The molecule has 0 amide bonds. The van der Waals surface area contributed by atoms with Crippen molar-refractivity contribution in [2.75, 3.05) is 0 Å². The van der Waals surface area contributed by atoms with Gasteiger partial charge < -0.3 is 0 Å². The van der Waals surface area contributed by atoms with Gasteiger partial charge in [0.05, 0.1) is 23.0 Å². The summed E-state index contributed by atoms with van der Waals surface area (Å²) in [6, 6.07) is 20.0. The summed E-state index contributed by atoms with van der Waals surface area (Å²) < 4.78 is 1.60. The zero-order valence-electron chi connectivity index (χ0n) is 13.6. The molecule has 1 aliphatic carbocycles. The number of nitrogens with one attached hydrogen (secondary N) is 1. The predicted octanol–water partition coefficient (Wildman–Crippen LogP) is 3.80. The standard InChI is InChI=1S/C20H19N3O/c1-14(21-16-12-13-16)18-19(15-8-4-2-5-9-15)22-23(20(18)24)17-10-6-3-7-11-17/h2-11,16,22H,12-13H2,1H3. The Morgan fingerprint density at radius 1 is 1.04 bits per heavy atom. The minimum Gasteiger partial charge on any atom is -0.290 e. The Kier molecular flexibility index (Phi) is 3.65. The number of rotatable bonds is 4. The van der Waals surface area contributed by atoms with Gasteiger partial charge >= 0.3 is 0 Å². The van der Waals surface area contributed by atoms with Gasteiger partial charge in [0, 0.05) is 11.3 Å². The van der Waals surface area contributed by atoms with Crippen LogP contribution in [0.5, 0.6) is 0 Å². The number of H-pyrrole nitrogens is 1. The number of aliphatic imine (C=N–C) groups is 1. The molecule has 120 valence electrons. The van der Waals surface area contributed by atoms with Gasteiger partial charge in [-0.1, -0.05) is 48.5 Å². The lowest BCUT2D eigenvalue weighted by molar-refractivity contribution is 0.852. The summed E-state index contributed by atoms with van der Waals surface area (Å²) in [5, 5.41) is 3.28. The minimum absolute atomic E-state index is 0.0537. The summed E-state index contributed by atoms with van der Waals surface area (Å²) in [5.41, 5.74) is 4.06. The van der Waals surface area contributed by atoms with E-state index >= 15 is 0 Å². The van der Waals surface area contributed by atoms with Crippen LogP contribution in [-0.2, 0) is 0 Å². The summed E-state index contributed by atoms with van der Waals surface area (Å²) in [5.74, 6) is 0. The second kappa shape index (κ2) is 5.96. The molecule has 0 bridgehead atoms. The molecule has 1 aromatic heterocycles. The maximum absolute atomic E-state index is 13.1. The predicted molar refractivity (Wildman–Crippen MR) is 97.1 cm³/mol. The molecular formula is C20H19N3O. The third-order valence-electron chi connectivity index (χ3n) is 4.25. The summed E-state index contributed by atoms with van der Waals surface area (Å²) in [6.07, 6.45) is 2.24. The topological polar surface area (TPSA) is 50.1 Å². The molecule has 4 nitrogen and oxygen atoms in total. The van der Waals surface area contributed by atoms with Crippen LogP contribution < -0.4 is 5.56 Å². The van der Waals surface area contributed by atoms with Crippen molar-refractivity contribution in [2.45, 2.75) is 25.8 Å². The van der Waals surface area contributed by atoms with Crippen LogP contribution >= 0.6 is 0 Å². The van der Waals surface area contributed by atoms with Crippen LogP contribution in [0.4, 0.5) is 0 Å². The molecular weight excluding hydrogens is 298 g/mol. The molecule has 4 rings (SSSR count). The quantitative estimate of drug-likeness (QED) is 0.731. The van der Waals surface area contributed by atoms with E-state index in [0.717, 1.165) is 35.5 Å². The Bertz CT molecular complexity index is 932. The third-order valence-corrected chi connectivity index (χ3v) is 4.25. The fourth-order valence-electron chi connectivity index (χ4n) is 2.89. The van der Waals surface area contributed by atoms with Gasteiger partial charge in [0.2, 0.25) is 0 Å². The van der Waals surface area contributed by atoms with Gasteiger partial charge in [-0.05, 0) is 31.9 Å². The highest BCUT2D eigenvalue weighted by atomic mass is 16.1. The van der Waals surface area contributed by atoms with Gasteiger partial charge in [0.1, 0.15) is 0 Å².